The predicted molar refractivity (Wildman–Crippen MR) is 160 cm³/mol. The SMILES string of the molecule is COc1cc(/C=C2\C(=O)NC(=O)N(c3ccc(OCc4ccccc4)cc3)C2=O)cc(Cl)c1OCc1ccc(Cl)cc1. The van der Waals surface area contributed by atoms with Crippen molar-refractivity contribution in [1.29, 1.82) is 0 Å². The molecule has 0 radical (unpaired) electrons. The minimum atomic E-state index is -0.860. The quantitative estimate of drug-likeness (QED) is 0.167. The largest absolute Gasteiger partial charge is 0.493 e. The molecule has 1 saturated heterocycles. The molecule has 10 heteroatoms. The Kier molecular flexibility index (Phi) is 8.76. The summed E-state index contributed by atoms with van der Waals surface area (Å²) in [6, 6.07) is 25.5. The van der Waals surface area contributed by atoms with Crippen molar-refractivity contribution in [1.82, 2.24) is 5.32 Å². The monoisotopic (exact) mass is 602 g/mol. The number of anilines is 1. The highest BCUT2D eigenvalue weighted by Crippen LogP contribution is 2.38. The Morgan fingerprint density at radius 2 is 1.48 bits per heavy atom. The van der Waals surface area contributed by atoms with Gasteiger partial charge in [-0.1, -0.05) is 65.7 Å². The van der Waals surface area contributed by atoms with Crippen LogP contribution >= 0.6 is 23.2 Å². The summed E-state index contributed by atoms with van der Waals surface area (Å²) in [7, 11) is 1.45. The zero-order valence-electron chi connectivity index (χ0n) is 22.3. The maximum atomic E-state index is 13.4. The van der Waals surface area contributed by atoms with E-state index in [0.29, 0.717) is 34.4 Å². The number of benzene rings is 4. The first-order chi connectivity index (χ1) is 20.3. The van der Waals surface area contributed by atoms with Crippen molar-refractivity contribution in [2.45, 2.75) is 13.2 Å². The summed E-state index contributed by atoms with van der Waals surface area (Å²) >= 11 is 12.4. The van der Waals surface area contributed by atoms with Crippen LogP contribution in [0.4, 0.5) is 10.5 Å². The number of amides is 4. The fourth-order valence-corrected chi connectivity index (χ4v) is 4.59. The van der Waals surface area contributed by atoms with Gasteiger partial charge in [-0.15, -0.1) is 0 Å². The first kappa shape index (κ1) is 28.7. The van der Waals surface area contributed by atoms with Gasteiger partial charge in [-0.3, -0.25) is 14.9 Å². The van der Waals surface area contributed by atoms with Gasteiger partial charge in [0.15, 0.2) is 11.5 Å². The van der Waals surface area contributed by atoms with E-state index >= 15 is 0 Å². The summed E-state index contributed by atoms with van der Waals surface area (Å²) in [5.74, 6) is -0.477. The number of halogens is 2. The second kappa shape index (κ2) is 12.8. The average molecular weight is 603 g/mol. The van der Waals surface area contributed by atoms with E-state index in [1.165, 1.54) is 19.3 Å². The number of carbonyl (C=O) groups is 3. The summed E-state index contributed by atoms with van der Waals surface area (Å²) in [4.78, 5) is 39.6. The van der Waals surface area contributed by atoms with Crippen LogP contribution in [0.25, 0.3) is 6.08 Å². The average Bonchev–Trinajstić information content (AvgIpc) is 2.99. The van der Waals surface area contributed by atoms with Gasteiger partial charge in [0.2, 0.25) is 0 Å². The van der Waals surface area contributed by atoms with Gasteiger partial charge < -0.3 is 14.2 Å². The Balaban J connectivity index is 1.34. The van der Waals surface area contributed by atoms with E-state index in [9.17, 15) is 14.4 Å². The van der Waals surface area contributed by atoms with Crippen LogP contribution in [-0.4, -0.2) is 25.0 Å². The molecule has 1 N–H and O–H groups in total. The summed E-state index contributed by atoms with van der Waals surface area (Å²) in [5, 5.41) is 3.03. The number of hydrogen-bond donors (Lipinski definition) is 1. The molecule has 0 unspecified atom stereocenters. The highest BCUT2D eigenvalue weighted by Gasteiger charge is 2.37. The molecule has 4 aromatic carbocycles. The van der Waals surface area contributed by atoms with Gasteiger partial charge in [-0.05, 0) is 71.3 Å². The maximum Gasteiger partial charge on any atom is 0.335 e. The van der Waals surface area contributed by atoms with Crippen molar-refractivity contribution in [3.8, 4) is 17.2 Å². The molecule has 1 aliphatic heterocycles. The van der Waals surface area contributed by atoms with Gasteiger partial charge in [-0.2, -0.15) is 0 Å². The topological polar surface area (TPSA) is 94.2 Å². The molecule has 0 aliphatic carbocycles. The molecule has 42 heavy (non-hydrogen) atoms. The highest BCUT2D eigenvalue weighted by molar-refractivity contribution is 6.39. The second-order valence-corrected chi connectivity index (χ2v) is 10.0. The maximum absolute atomic E-state index is 13.4. The summed E-state index contributed by atoms with van der Waals surface area (Å²) in [5.41, 5.74) is 2.27. The van der Waals surface area contributed by atoms with Crippen LogP contribution < -0.4 is 24.4 Å². The second-order valence-electron chi connectivity index (χ2n) is 9.18. The van der Waals surface area contributed by atoms with Gasteiger partial charge in [0.1, 0.15) is 24.5 Å². The van der Waals surface area contributed by atoms with Crippen LogP contribution in [0.3, 0.4) is 0 Å². The van der Waals surface area contributed by atoms with Crippen molar-refractivity contribution in [3.63, 3.8) is 0 Å². The number of methoxy groups -OCH3 is 1. The molecule has 0 aromatic heterocycles. The summed E-state index contributed by atoms with van der Waals surface area (Å²) in [6.07, 6.45) is 1.34. The van der Waals surface area contributed by atoms with Crippen LogP contribution in [0.2, 0.25) is 10.0 Å². The lowest BCUT2D eigenvalue weighted by atomic mass is 10.1. The van der Waals surface area contributed by atoms with Crippen LogP contribution in [0.1, 0.15) is 16.7 Å². The summed E-state index contributed by atoms with van der Waals surface area (Å²) in [6.45, 7) is 0.573. The number of urea groups is 1. The van der Waals surface area contributed by atoms with Crippen LogP contribution in [0, 0.1) is 0 Å². The minimum absolute atomic E-state index is 0.206. The first-order valence-corrected chi connectivity index (χ1v) is 13.5. The molecular weight excluding hydrogens is 579 g/mol. The molecule has 4 amide bonds. The van der Waals surface area contributed by atoms with Gasteiger partial charge in [0, 0.05) is 5.02 Å². The van der Waals surface area contributed by atoms with Crippen LogP contribution in [0.5, 0.6) is 17.2 Å². The molecule has 8 nitrogen and oxygen atoms in total. The van der Waals surface area contributed by atoms with Crippen molar-refractivity contribution in [2.75, 3.05) is 12.0 Å². The Morgan fingerprint density at radius 3 is 2.17 bits per heavy atom. The molecule has 212 valence electrons. The Labute approximate surface area is 252 Å². The predicted octanol–water partition coefficient (Wildman–Crippen LogP) is 6.83. The molecule has 0 spiro atoms. The number of imide groups is 2. The number of ether oxygens (including phenoxy) is 3. The van der Waals surface area contributed by atoms with E-state index in [-0.39, 0.29) is 22.9 Å². The molecule has 0 saturated carbocycles. The standard InChI is InChI=1S/C32H24Cl2N2O6/c1-40-28-17-22(16-27(34)29(28)42-19-21-7-9-23(33)10-8-21)15-26-30(37)35-32(39)36(31(26)38)24-11-13-25(14-12-24)41-18-20-5-3-2-4-6-20/h2-17H,18-19H2,1H3,(H,35,37,39)/b26-15+. The van der Waals surface area contributed by atoms with E-state index < -0.39 is 17.8 Å². The van der Waals surface area contributed by atoms with E-state index in [1.807, 2.05) is 42.5 Å². The lowest BCUT2D eigenvalue weighted by Crippen LogP contribution is -2.54. The zero-order chi connectivity index (χ0) is 29.6. The normalized spacial score (nSPS) is 14.1. The zero-order valence-corrected chi connectivity index (χ0v) is 23.8. The number of nitrogens with zero attached hydrogens (tertiary/aromatic N) is 1. The molecule has 0 bridgehead atoms. The van der Waals surface area contributed by atoms with Crippen molar-refractivity contribution >= 4 is 52.8 Å². The Hall–Kier alpha value is -4.79. The van der Waals surface area contributed by atoms with Crippen molar-refractivity contribution < 1.29 is 28.6 Å². The lowest BCUT2D eigenvalue weighted by molar-refractivity contribution is -0.122. The fraction of sp³-hybridized carbons (Fsp3) is 0.0938. The molecule has 0 atom stereocenters. The third kappa shape index (κ3) is 6.57. The fourth-order valence-electron chi connectivity index (χ4n) is 4.19. The molecule has 1 aliphatic rings. The third-order valence-corrected chi connectivity index (χ3v) is 6.84. The van der Waals surface area contributed by atoms with E-state index in [1.54, 1.807) is 42.5 Å². The molecule has 5 rings (SSSR count). The molecular formula is C32H24Cl2N2O6. The van der Waals surface area contributed by atoms with Gasteiger partial charge in [-0.25, -0.2) is 9.69 Å². The van der Waals surface area contributed by atoms with Gasteiger partial charge in [0.05, 0.1) is 17.8 Å². The highest BCUT2D eigenvalue weighted by atomic mass is 35.5. The smallest absolute Gasteiger partial charge is 0.335 e. The van der Waals surface area contributed by atoms with Crippen molar-refractivity contribution in [3.05, 3.63) is 123 Å². The molecule has 1 heterocycles. The van der Waals surface area contributed by atoms with E-state index in [2.05, 4.69) is 5.32 Å². The van der Waals surface area contributed by atoms with Crippen molar-refractivity contribution in [2.24, 2.45) is 0 Å². The molecule has 1 fully saturated rings. The summed E-state index contributed by atoms with van der Waals surface area (Å²) < 4.78 is 17.1. The minimum Gasteiger partial charge on any atom is -0.493 e. The number of hydrogen-bond acceptors (Lipinski definition) is 6. The van der Waals surface area contributed by atoms with Crippen LogP contribution in [0.15, 0.2) is 96.6 Å². The third-order valence-electron chi connectivity index (χ3n) is 6.30. The number of nitrogens with one attached hydrogen (secondary N) is 1. The number of carbonyl (C=O) groups excluding carboxylic acids is 3. The van der Waals surface area contributed by atoms with Crippen LogP contribution in [-0.2, 0) is 22.8 Å². The Bertz CT molecular complexity index is 1660. The van der Waals surface area contributed by atoms with Gasteiger partial charge >= 0.3 is 6.03 Å². The van der Waals surface area contributed by atoms with E-state index in [0.717, 1.165) is 16.0 Å². The van der Waals surface area contributed by atoms with E-state index in [4.69, 9.17) is 37.4 Å². The first-order valence-electron chi connectivity index (χ1n) is 12.8. The lowest BCUT2D eigenvalue weighted by Gasteiger charge is -2.26. The number of rotatable bonds is 9. The van der Waals surface area contributed by atoms with Gasteiger partial charge in [0.25, 0.3) is 11.8 Å². The number of barbiturate groups is 1. The molecule has 4 aromatic rings. The Morgan fingerprint density at radius 1 is 0.810 bits per heavy atom.